The van der Waals surface area contributed by atoms with Crippen molar-refractivity contribution in [1.82, 2.24) is 10.6 Å². The van der Waals surface area contributed by atoms with Crippen LogP contribution >= 0.6 is 0 Å². The van der Waals surface area contributed by atoms with Crippen molar-refractivity contribution in [3.63, 3.8) is 0 Å². The summed E-state index contributed by atoms with van der Waals surface area (Å²) in [6.45, 7) is 0.135. The summed E-state index contributed by atoms with van der Waals surface area (Å²) in [5, 5.41) is 14.6. The topological polar surface area (TPSA) is 105 Å². The van der Waals surface area contributed by atoms with E-state index in [2.05, 4.69) is 10.6 Å². The first-order valence-electron chi connectivity index (χ1n) is 12.3. The van der Waals surface area contributed by atoms with Crippen LogP contribution in [0.1, 0.15) is 55.2 Å². The zero-order valence-electron chi connectivity index (χ0n) is 20.7. The molecule has 7 heteroatoms. The minimum atomic E-state index is -0.404. The van der Waals surface area contributed by atoms with E-state index in [1.165, 1.54) is 6.08 Å². The lowest BCUT2D eigenvalue weighted by Crippen LogP contribution is -2.26. The summed E-state index contributed by atoms with van der Waals surface area (Å²) >= 11 is 0. The number of aliphatic hydroxyl groups is 1. The van der Waals surface area contributed by atoms with Gasteiger partial charge in [0.05, 0.1) is 7.11 Å². The molecule has 2 aromatic rings. The molecule has 1 fully saturated rings. The highest BCUT2D eigenvalue weighted by Gasteiger charge is 2.25. The number of ketones is 1. The van der Waals surface area contributed by atoms with Crippen molar-refractivity contribution in [3.05, 3.63) is 71.3 Å². The molecule has 0 aliphatic heterocycles. The molecule has 1 saturated carbocycles. The average molecular weight is 491 g/mol. The number of hydrogen-bond donors (Lipinski definition) is 3. The second-order valence-electron chi connectivity index (χ2n) is 8.83. The molecule has 0 unspecified atom stereocenters. The zero-order chi connectivity index (χ0) is 25.8. The largest absolute Gasteiger partial charge is 0.497 e. The fraction of sp³-hybridized carbons (Fsp3) is 0.345. The highest BCUT2D eigenvalue weighted by atomic mass is 16.5. The number of amides is 2. The first kappa shape index (κ1) is 26.9. The predicted octanol–water partition coefficient (Wildman–Crippen LogP) is 3.77. The van der Waals surface area contributed by atoms with E-state index in [4.69, 9.17) is 9.84 Å². The third-order valence-corrected chi connectivity index (χ3v) is 5.84. The van der Waals surface area contributed by atoms with Crippen molar-refractivity contribution in [2.45, 2.75) is 44.6 Å². The normalized spacial score (nSPS) is 13.4. The Morgan fingerprint density at radius 2 is 1.67 bits per heavy atom. The Morgan fingerprint density at radius 3 is 2.31 bits per heavy atom. The van der Waals surface area contributed by atoms with Gasteiger partial charge in [-0.25, -0.2) is 0 Å². The molecule has 0 heterocycles. The summed E-state index contributed by atoms with van der Waals surface area (Å²) in [6, 6.07) is 15.3. The van der Waals surface area contributed by atoms with Crippen LogP contribution in [0.3, 0.4) is 0 Å². The van der Waals surface area contributed by atoms with Crippen LogP contribution in [0.15, 0.2) is 54.6 Å². The van der Waals surface area contributed by atoms with Crippen LogP contribution in [-0.4, -0.2) is 49.0 Å². The van der Waals surface area contributed by atoms with Gasteiger partial charge in [0.25, 0.3) is 5.91 Å². The van der Waals surface area contributed by atoms with E-state index in [-0.39, 0.29) is 23.6 Å². The number of unbranched alkanes of at least 4 members (excludes halogenated alkanes) is 2. The lowest BCUT2D eigenvalue weighted by Gasteiger charge is -2.10. The first-order valence-corrected chi connectivity index (χ1v) is 12.3. The van der Waals surface area contributed by atoms with Gasteiger partial charge in [-0.3, -0.25) is 14.4 Å². The van der Waals surface area contributed by atoms with Crippen LogP contribution in [-0.2, 0) is 14.4 Å². The third kappa shape index (κ3) is 9.15. The summed E-state index contributed by atoms with van der Waals surface area (Å²) < 4.78 is 5.23. The van der Waals surface area contributed by atoms with Gasteiger partial charge in [0, 0.05) is 30.7 Å². The molecule has 0 spiro atoms. The molecule has 36 heavy (non-hydrogen) atoms. The Labute approximate surface area is 212 Å². The summed E-state index contributed by atoms with van der Waals surface area (Å²) in [7, 11) is 1.61. The number of carbonyl (C=O) groups excluding carboxylic acids is 3. The van der Waals surface area contributed by atoms with E-state index in [1.807, 2.05) is 54.6 Å². The van der Waals surface area contributed by atoms with E-state index in [0.717, 1.165) is 48.1 Å². The minimum Gasteiger partial charge on any atom is -0.497 e. The van der Waals surface area contributed by atoms with Crippen LogP contribution in [0.5, 0.6) is 5.75 Å². The average Bonchev–Trinajstić information content (AvgIpc) is 3.72. The Kier molecular flexibility index (Phi) is 10.5. The predicted molar refractivity (Wildman–Crippen MR) is 141 cm³/mol. The maximum absolute atomic E-state index is 12.9. The van der Waals surface area contributed by atoms with Gasteiger partial charge in [0.1, 0.15) is 12.4 Å². The SMILES string of the molecule is COc1ccc(/C(=C\c2ccc(/C=C/C(=O)NCCCCCC(=O)CO)cc2)C(=O)NC2CC2)cc1. The standard InChI is InChI=1S/C29H34N2O5/c1-36-26-15-11-23(12-16-26)27(29(35)31-24-13-14-24)19-22-8-6-21(7-9-22)10-17-28(34)30-18-4-2-3-5-25(33)20-32/h6-12,15-17,19,24,32H,2-5,13-14,18,20H2,1H3,(H,30,34)(H,31,35)/b17-10+,27-19+. The van der Waals surface area contributed by atoms with Crippen molar-refractivity contribution >= 4 is 35.3 Å². The van der Waals surface area contributed by atoms with E-state index >= 15 is 0 Å². The number of carbonyl (C=O) groups is 3. The number of rotatable bonds is 14. The summed E-state index contributed by atoms with van der Waals surface area (Å²) in [6.07, 6.45) is 9.83. The first-order chi connectivity index (χ1) is 17.5. The van der Waals surface area contributed by atoms with Crippen molar-refractivity contribution in [3.8, 4) is 5.75 Å². The van der Waals surface area contributed by atoms with E-state index < -0.39 is 6.61 Å². The number of aliphatic hydroxyl groups excluding tert-OH is 1. The Balaban J connectivity index is 1.56. The van der Waals surface area contributed by atoms with Crippen LogP contribution in [0, 0.1) is 0 Å². The summed E-state index contributed by atoms with van der Waals surface area (Å²) in [5.74, 6) is 0.310. The van der Waals surface area contributed by atoms with Gasteiger partial charge in [-0.2, -0.15) is 0 Å². The van der Waals surface area contributed by atoms with Gasteiger partial charge in [-0.15, -0.1) is 0 Å². The number of methoxy groups -OCH3 is 1. The van der Waals surface area contributed by atoms with Gasteiger partial charge >= 0.3 is 0 Å². The van der Waals surface area contributed by atoms with E-state index in [0.29, 0.717) is 25.0 Å². The minimum absolute atomic E-state index is 0.0942. The molecule has 2 amide bonds. The third-order valence-electron chi connectivity index (χ3n) is 5.84. The molecular weight excluding hydrogens is 456 g/mol. The molecule has 1 aliphatic rings. The molecule has 1 aliphatic carbocycles. The molecule has 0 atom stereocenters. The Hall–Kier alpha value is -3.71. The molecule has 0 bridgehead atoms. The Morgan fingerprint density at radius 1 is 0.972 bits per heavy atom. The number of hydrogen-bond acceptors (Lipinski definition) is 5. The molecule has 0 aromatic heterocycles. The van der Waals surface area contributed by atoms with Crippen LogP contribution in [0.25, 0.3) is 17.7 Å². The van der Waals surface area contributed by atoms with Gasteiger partial charge in [-0.1, -0.05) is 42.8 Å². The van der Waals surface area contributed by atoms with Crippen molar-refractivity contribution in [2.75, 3.05) is 20.3 Å². The number of ether oxygens (including phenoxy) is 1. The van der Waals surface area contributed by atoms with Gasteiger partial charge in [0.2, 0.25) is 5.91 Å². The molecule has 0 radical (unpaired) electrons. The second kappa shape index (κ2) is 14.0. The molecule has 0 saturated heterocycles. The van der Waals surface area contributed by atoms with Gasteiger partial charge in [-0.05, 0) is 66.7 Å². The molecule has 2 aromatic carbocycles. The van der Waals surface area contributed by atoms with Crippen LogP contribution in [0.4, 0.5) is 0 Å². The van der Waals surface area contributed by atoms with Crippen LogP contribution in [0.2, 0.25) is 0 Å². The number of nitrogens with one attached hydrogen (secondary N) is 2. The second-order valence-corrected chi connectivity index (χ2v) is 8.83. The Bertz CT molecular complexity index is 1080. The van der Waals surface area contributed by atoms with E-state index in [9.17, 15) is 14.4 Å². The van der Waals surface area contributed by atoms with E-state index in [1.54, 1.807) is 13.2 Å². The highest BCUT2D eigenvalue weighted by Crippen LogP contribution is 2.25. The summed E-state index contributed by atoms with van der Waals surface area (Å²) in [5.41, 5.74) is 3.16. The molecular formula is C29H34N2O5. The fourth-order valence-corrected chi connectivity index (χ4v) is 3.56. The molecule has 3 rings (SSSR count). The smallest absolute Gasteiger partial charge is 0.252 e. The quantitative estimate of drug-likeness (QED) is 0.212. The molecule has 190 valence electrons. The van der Waals surface area contributed by atoms with Crippen molar-refractivity contribution in [1.29, 1.82) is 0 Å². The number of benzene rings is 2. The van der Waals surface area contributed by atoms with Crippen molar-refractivity contribution < 1.29 is 24.2 Å². The summed E-state index contributed by atoms with van der Waals surface area (Å²) in [4.78, 5) is 36.0. The molecule has 7 nitrogen and oxygen atoms in total. The zero-order valence-corrected chi connectivity index (χ0v) is 20.7. The van der Waals surface area contributed by atoms with Crippen LogP contribution < -0.4 is 15.4 Å². The maximum atomic E-state index is 12.9. The van der Waals surface area contributed by atoms with Crippen molar-refractivity contribution in [2.24, 2.45) is 0 Å². The fourth-order valence-electron chi connectivity index (χ4n) is 3.56. The van der Waals surface area contributed by atoms with Gasteiger partial charge < -0.3 is 20.5 Å². The lowest BCUT2D eigenvalue weighted by atomic mass is 10.0. The van der Waals surface area contributed by atoms with Gasteiger partial charge in [0.15, 0.2) is 5.78 Å². The maximum Gasteiger partial charge on any atom is 0.252 e. The monoisotopic (exact) mass is 490 g/mol. The molecule has 3 N–H and O–H groups in total. The number of Topliss-reactive ketones (excluding diaryl/α,β-unsaturated/α-hetero) is 1. The lowest BCUT2D eigenvalue weighted by molar-refractivity contribution is -0.122. The highest BCUT2D eigenvalue weighted by molar-refractivity contribution is 6.24.